The largest absolute Gasteiger partial charge is 0.390 e. The van der Waals surface area contributed by atoms with E-state index in [0.717, 1.165) is 38.2 Å². The van der Waals surface area contributed by atoms with Crippen molar-refractivity contribution in [2.24, 2.45) is 5.92 Å². The number of aliphatic hydroxyl groups is 1. The number of likely N-dealkylation sites (tertiary alicyclic amines) is 1. The highest BCUT2D eigenvalue weighted by atomic mass is 16.3. The first-order valence-corrected chi connectivity index (χ1v) is 7.89. The summed E-state index contributed by atoms with van der Waals surface area (Å²) in [5, 5.41) is 10.7. The molecule has 20 heavy (non-hydrogen) atoms. The van der Waals surface area contributed by atoms with Gasteiger partial charge in [0.15, 0.2) is 0 Å². The predicted octanol–water partition coefficient (Wildman–Crippen LogP) is 2.38. The van der Waals surface area contributed by atoms with E-state index in [-0.39, 0.29) is 0 Å². The zero-order chi connectivity index (χ0) is 14.0. The van der Waals surface area contributed by atoms with Gasteiger partial charge in [-0.05, 0) is 45.2 Å². The molecule has 1 aliphatic carbocycles. The molecule has 110 valence electrons. The Labute approximate surface area is 121 Å². The van der Waals surface area contributed by atoms with Crippen molar-refractivity contribution in [1.29, 1.82) is 0 Å². The Bertz CT molecular complexity index is 435. The second-order valence-corrected chi connectivity index (χ2v) is 6.55. The minimum atomic E-state index is -0.497. The third-order valence-corrected chi connectivity index (χ3v) is 5.09. The van der Waals surface area contributed by atoms with E-state index in [0.29, 0.717) is 12.0 Å². The van der Waals surface area contributed by atoms with Crippen LogP contribution in [0.3, 0.4) is 0 Å². The van der Waals surface area contributed by atoms with Gasteiger partial charge in [0, 0.05) is 24.4 Å². The molecule has 1 aliphatic heterocycles. The van der Waals surface area contributed by atoms with Gasteiger partial charge in [0.1, 0.15) is 5.82 Å². The summed E-state index contributed by atoms with van der Waals surface area (Å²) in [6.45, 7) is 3.96. The zero-order valence-corrected chi connectivity index (χ0v) is 12.3. The third kappa shape index (κ3) is 2.86. The summed E-state index contributed by atoms with van der Waals surface area (Å²) in [5.41, 5.74) is -0.497. The molecule has 4 nitrogen and oxygen atoms in total. The Morgan fingerprint density at radius 3 is 2.80 bits per heavy atom. The van der Waals surface area contributed by atoms with Crippen LogP contribution in [0.1, 0.15) is 51.3 Å². The molecule has 0 unspecified atom stereocenters. The summed E-state index contributed by atoms with van der Waals surface area (Å²) < 4.78 is 0. The summed E-state index contributed by atoms with van der Waals surface area (Å²) in [6.07, 6.45) is 10.6. The lowest BCUT2D eigenvalue weighted by molar-refractivity contribution is -0.0631. The topological polar surface area (TPSA) is 49.2 Å². The Morgan fingerprint density at radius 1 is 1.25 bits per heavy atom. The van der Waals surface area contributed by atoms with Gasteiger partial charge < -0.3 is 5.11 Å². The summed E-state index contributed by atoms with van der Waals surface area (Å²) in [6, 6.07) is 2.35. The van der Waals surface area contributed by atoms with Crippen molar-refractivity contribution >= 4 is 0 Å². The molecule has 0 bridgehead atoms. The second-order valence-electron chi connectivity index (χ2n) is 6.55. The molecule has 1 N–H and O–H groups in total. The predicted molar refractivity (Wildman–Crippen MR) is 78.0 cm³/mol. The molecule has 2 aliphatic rings. The second kappa shape index (κ2) is 5.78. The molecule has 0 spiro atoms. The van der Waals surface area contributed by atoms with E-state index in [1.165, 1.54) is 19.3 Å². The van der Waals surface area contributed by atoms with E-state index in [2.05, 4.69) is 14.9 Å². The van der Waals surface area contributed by atoms with E-state index in [1.54, 1.807) is 0 Å². The van der Waals surface area contributed by atoms with E-state index in [4.69, 9.17) is 0 Å². The van der Waals surface area contributed by atoms with Gasteiger partial charge in [-0.25, -0.2) is 9.97 Å². The van der Waals surface area contributed by atoms with Gasteiger partial charge in [-0.15, -0.1) is 0 Å². The van der Waals surface area contributed by atoms with Gasteiger partial charge in [0.2, 0.25) is 0 Å². The quantitative estimate of drug-likeness (QED) is 0.920. The zero-order valence-electron chi connectivity index (χ0n) is 12.3. The van der Waals surface area contributed by atoms with Gasteiger partial charge in [0.05, 0.1) is 12.1 Å². The Morgan fingerprint density at radius 2 is 2.05 bits per heavy atom. The standard InChI is InChI=1S/C16H25N3O/c1-16(20)8-3-2-6-13(16)14-7-4-11-19(14)12-15-17-9-5-10-18-15/h5,9-10,13-14,20H,2-4,6-8,11-12H2,1H3/t13-,14-,16+/m1/s1. The van der Waals surface area contributed by atoms with E-state index in [9.17, 15) is 5.11 Å². The third-order valence-electron chi connectivity index (χ3n) is 5.09. The minimum Gasteiger partial charge on any atom is -0.390 e. The maximum atomic E-state index is 10.7. The van der Waals surface area contributed by atoms with Crippen LogP contribution in [0.15, 0.2) is 18.5 Å². The van der Waals surface area contributed by atoms with Gasteiger partial charge in [0.25, 0.3) is 0 Å². The van der Waals surface area contributed by atoms with Gasteiger partial charge >= 0.3 is 0 Å². The molecule has 1 saturated carbocycles. The Balaban J connectivity index is 1.72. The lowest BCUT2D eigenvalue weighted by atomic mass is 9.72. The molecule has 2 heterocycles. The number of rotatable bonds is 3. The monoisotopic (exact) mass is 275 g/mol. The van der Waals surface area contributed by atoms with Gasteiger partial charge in [-0.3, -0.25) is 4.90 Å². The fourth-order valence-corrected chi connectivity index (χ4v) is 4.05. The number of nitrogens with zero attached hydrogens (tertiary/aromatic N) is 3. The molecule has 0 aromatic carbocycles. The highest BCUT2D eigenvalue weighted by molar-refractivity contribution is 4.98. The first-order valence-electron chi connectivity index (χ1n) is 7.89. The molecule has 0 radical (unpaired) electrons. The Hall–Kier alpha value is -1.00. The van der Waals surface area contributed by atoms with Gasteiger partial charge in [-0.2, -0.15) is 0 Å². The maximum Gasteiger partial charge on any atom is 0.142 e. The van der Waals surface area contributed by atoms with Crippen LogP contribution in [-0.4, -0.2) is 38.2 Å². The van der Waals surface area contributed by atoms with E-state index < -0.39 is 5.60 Å². The smallest absolute Gasteiger partial charge is 0.142 e. The molecule has 3 atom stereocenters. The van der Waals surface area contributed by atoms with Crippen molar-refractivity contribution in [1.82, 2.24) is 14.9 Å². The van der Waals surface area contributed by atoms with E-state index >= 15 is 0 Å². The normalized spacial score (nSPS) is 35.3. The maximum absolute atomic E-state index is 10.7. The first kappa shape index (κ1) is 14.0. The molecule has 1 saturated heterocycles. The van der Waals surface area contributed by atoms with Crippen molar-refractivity contribution in [3.63, 3.8) is 0 Å². The number of hydrogen-bond acceptors (Lipinski definition) is 4. The molecule has 0 amide bonds. The SMILES string of the molecule is C[C@]1(O)CCCC[C@@H]1[C@H]1CCCN1Cc1ncccn1. The highest BCUT2D eigenvalue weighted by Crippen LogP contribution is 2.40. The number of aromatic nitrogens is 2. The van der Waals surface area contributed by atoms with Crippen LogP contribution in [0.5, 0.6) is 0 Å². The molecule has 1 aromatic rings. The molecular formula is C16H25N3O. The van der Waals surface area contributed by atoms with Crippen molar-refractivity contribution in [3.8, 4) is 0 Å². The van der Waals surface area contributed by atoms with Crippen molar-refractivity contribution in [2.75, 3.05) is 6.54 Å². The molecular weight excluding hydrogens is 250 g/mol. The molecule has 1 aromatic heterocycles. The van der Waals surface area contributed by atoms with E-state index in [1.807, 2.05) is 25.4 Å². The van der Waals surface area contributed by atoms with Crippen LogP contribution in [0.25, 0.3) is 0 Å². The Kier molecular flexibility index (Phi) is 4.03. The number of hydrogen-bond donors (Lipinski definition) is 1. The van der Waals surface area contributed by atoms with Crippen LogP contribution in [0.2, 0.25) is 0 Å². The molecule has 4 heteroatoms. The lowest BCUT2D eigenvalue weighted by Gasteiger charge is -2.43. The average molecular weight is 275 g/mol. The van der Waals surface area contributed by atoms with Crippen LogP contribution >= 0.6 is 0 Å². The highest BCUT2D eigenvalue weighted by Gasteiger charge is 2.43. The van der Waals surface area contributed by atoms with Crippen molar-refractivity contribution in [3.05, 3.63) is 24.3 Å². The van der Waals surface area contributed by atoms with Crippen molar-refractivity contribution < 1.29 is 5.11 Å². The summed E-state index contributed by atoms with van der Waals surface area (Å²) in [7, 11) is 0. The molecule has 3 rings (SSSR count). The minimum absolute atomic E-state index is 0.405. The van der Waals surface area contributed by atoms with Crippen LogP contribution in [-0.2, 0) is 6.54 Å². The van der Waals surface area contributed by atoms with Gasteiger partial charge in [-0.1, -0.05) is 12.8 Å². The van der Waals surface area contributed by atoms with Crippen LogP contribution in [0, 0.1) is 5.92 Å². The fraction of sp³-hybridized carbons (Fsp3) is 0.750. The first-order chi connectivity index (χ1) is 9.67. The average Bonchev–Trinajstić information content (AvgIpc) is 2.87. The summed E-state index contributed by atoms with van der Waals surface area (Å²) in [4.78, 5) is 11.2. The lowest BCUT2D eigenvalue weighted by Crippen LogP contribution is -2.48. The summed E-state index contributed by atoms with van der Waals surface area (Å²) >= 11 is 0. The van der Waals surface area contributed by atoms with Crippen molar-refractivity contribution in [2.45, 2.75) is 63.6 Å². The summed E-state index contributed by atoms with van der Waals surface area (Å²) in [5.74, 6) is 1.30. The molecule has 2 fully saturated rings. The fourth-order valence-electron chi connectivity index (χ4n) is 4.05. The van der Waals surface area contributed by atoms with Crippen LogP contribution < -0.4 is 0 Å². The van der Waals surface area contributed by atoms with Crippen LogP contribution in [0.4, 0.5) is 0 Å².